The Labute approximate surface area is 95.5 Å². The van der Waals surface area contributed by atoms with Gasteiger partial charge >= 0.3 is 0 Å². The molecule has 0 aromatic heterocycles. The Bertz CT molecular complexity index is 279. The second-order valence-corrected chi connectivity index (χ2v) is 5.77. The molecule has 2 heterocycles. The molecule has 1 spiro atoms. The summed E-state index contributed by atoms with van der Waals surface area (Å²) < 4.78 is 5.88. The predicted octanol–water partition coefficient (Wildman–Crippen LogP) is 2.43. The number of allylic oxidation sites excluding steroid dienone is 1. The lowest BCUT2D eigenvalue weighted by Gasteiger charge is -2.37. The van der Waals surface area contributed by atoms with Gasteiger partial charge < -0.3 is 4.74 Å². The summed E-state index contributed by atoms with van der Waals surface area (Å²) in [6.45, 7) is 6.30. The maximum atomic E-state index is 11.9. The van der Waals surface area contributed by atoms with Crippen LogP contribution < -0.4 is 0 Å². The zero-order valence-electron chi connectivity index (χ0n) is 9.25. The van der Waals surface area contributed by atoms with E-state index >= 15 is 0 Å². The van der Waals surface area contributed by atoms with E-state index < -0.39 is 0 Å². The molecule has 0 N–H and O–H groups in total. The van der Waals surface area contributed by atoms with Gasteiger partial charge in [0.25, 0.3) is 0 Å². The Hall–Kier alpha value is -0.280. The first-order valence-electron chi connectivity index (χ1n) is 5.54. The minimum atomic E-state index is 0.0126. The normalized spacial score (nSPS) is 35.7. The Balaban J connectivity index is 2.03. The molecule has 15 heavy (non-hydrogen) atoms. The van der Waals surface area contributed by atoms with Crippen LogP contribution in [0.5, 0.6) is 0 Å². The van der Waals surface area contributed by atoms with Crippen LogP contribution in [0.1, 0.15) is 26.2 Å². The standard InChI is InChI=1S/C12H18O2S/c1-9(2)11(13)10-3-5-14-12(7-10)4-6-15-8-12/h10H,1,3-8H2,2H3. The third kappa shape index (κ3) is 2.28. The summed E-state index contributed by atoms with van der Waals surface area (Å²) in [5.41, 5.74) is 0.710. The molecule has 2 fully saturated rings. The van der Waals surface area contributed by atoms with Crippen molar-refractivity contribution in [1.29, 1.82) is 0 Å². The van der Waals surface area contributed by atoms with E-state index in [1.165, 1.54) is 5.75 Å². The van der Waals surface area contributed by atoms with Gasteiger partial charge in [-0.2, -0.15) is 11.8 Å². The number of rotatable bonds is 2. The van der Waals surface area contributed by atoms with E-state index in [9.17, 15) is 4.79 Å². The van der Waals surface area contributed by atoms with E-state index in [-0.39, 0.29) is 17.3 Å². The molecule has 2 nitrogen and oxygen atoms in total. The lowest BCUT2D eigenvalue weighted by atomic mass is 9.81. The molecule has 0 saturated carbocycles. The molecule has 2 atom stereocenters. The summed E-state index contributed by atoms with van der Waals surface area (Å²) >= 11 is 1.94. The van der Waals surface area contributed by atoms with Crippen molar-refractivity contribution >= 4 is 17.5 Å². The van der Waals surface area contributed by atoms with E-state index in [2.05, 4.69) is 6.58 Å². The summed E-state index contributed by atoms with van der Waals surface area (Å²) in [5.74, 6) is 2.64. The molecule has 2 saturated heterocycles. The van der Waals surface area contributed by atoms with E-state index in [1.54, 1.807) is 0 Å². The molecule has 0 bridgehead atoms. The number of ketones is 1. The highest BCUT2D eigenvalue weighted by Gasteiger charge is 2.42. The third-order valence-electron chi connectivity index (χ3n) is 3.35. The van der Waals surface area contributed by atoms with Gasteiger partial charge in [0, 0.05) is 18.3 Å². The first-order chi connectivity index (χ1) is 7.13. The molecular weight excluding hydrogens is 208 g/mol. The molecule has 0 aromatic rings. The molecule has 0 amide bonds. The minimum Gasteiger partial charge on any atom is -0.374 e. The molecule has 0 aromatic carbocycles. The van der Waals surface area contributed by atoms with Crippen LogP contribution in [0.4, 0.5) is 0 Å². The number of carbonyl (C=O) groups excluding carboxylic acids is 1. The first kappa shape index (κ1) is 11.2. The van der Waals surface area contributed by atoms with Crippen molar-refractivity contribution in [2.45, 2.75) is 31.8 Å². The largest absolute Gasteiger partial charge is 0.374 e. The van der Waals surface area contributed by atoms with Gasteiger partial charge in [-0.25, -0.2) is 0 Å². The summed E-state index contributed by atoms with van der Waals surface area (Å²) in [5, 5.41) is 0. The van der Waals surface area contributed by atoms with Gasteiger partial charge in [-0.1, -0.05) is 6.58 Å². The fraction of sp³-hybridized carbons (Fsp3) is 0.750. The van der Waals surface area contributed by atoms with Crippen molar-refractivity contribution in [3.05, 3.63) is 12.2 Å². The minimum absolute atomic E-state index is 0.0126. The lowest BCUT2D eigenvalue weighted by molar-refractivity contribution is -0.130. The Morgan fingerprint density at radius 2 is 2.40 bits per heavy atom. The fourth-order valence-corrected chi connectivity index (χ4v) is 3.84. The second kappa shape index (κ2) is 4.30. The Kier molecular flexibility index (Phi) is 3.21. The van der Waals surface area contributed by atoms with Crippen LogP contribution in [0.2, 0.25) is 0 Å². The molecular formula is C12H18O2S. The van der Waals surface area contributed by atoms with Gasteiger partial charge in [-0.15, -0.1) is 0 Å². The van der Waals surface area contributed by atoms with Crippen molar-refractivity contribution in [2.24, 2.45) is 5.92 Å². The summed E-state index contributed by atoms with van der Waals surface area (Å²) in [6.07, 6.45) is 2.89. The number of hydrogen-bond acceptors (Lipinski definition) is 3. The van der Waals surface area contributed by atoms with Gasteiger partial charge in [0.2, 0.25) is 0 Å². The van der Waals surface area contributed by atoms with Gasteiger partial charge in [-0.05, 0) is 37.5 Å². The van der Waals surface area contributed by atoms with Crippen molar-refractivity contribution < 1.29 is 9.53 Å². The molecule has 0 aliphatic carbocycles. The van der Waals surface area contributed by atoms with E-state index in [0.717, 1.165) is 31.6 Å². The highest BCUT2D eigenvalue weighted by molar-refractivity contribution is 7.99. The summed E-state index contributed by atoms with van der Waals surface area (Å²) in [4.78, 5) is 11.9. The van der Waals surface area contributed by atoms with Crippen molar-refractivity contribution in [3.63, 3.8) is 0 Å². The van der Waals surface area contributed by atoms with Crippen LogP contribution in [0.15, 0.2) is 12.2 Å². The fourth-order valence-electron chi connectivity index (χ4n) is 2.46. The van der Waals surface area contributed by atoms with Crippen LogP contribution in [-0.4, -0.2) is 29.5 Å². The number of Topliss-reactive ketones (excluding diaryl/α,β-unsaturated/α-hetero) is 1. The van der Waals surface area contributed by atoms with Crippen LogP contribution in [-0.2, 0) is 9.53 Å². The Morgan fingerprint density at radius 3 is 3.00 bits per heavy atom. The van der Waals surface area contributed by atoms with Crippen LogP contribution >= 0.6 is 11.8 Å². The van der Waals surface area contributed by atoms with E-state index in [0.29, 0.717) is 5.57 Å². The molecule has 2 unspecified atom stereocenters. The summed E-state index contributed by atoms with van der Waals surface area (Å²) in [6, 6.07) is 0. The number of hydrogen-bond donors (Lipinski definition) is 0. The Morgan fingerprint density at radius 1 is 1.60 bits per heavy atom. The van der Waals surface area contributed by atoms with Gasteiger partial charge in [0.1, 0.15) is 0 Å². The molecule has 0 radical (unpaired) electrons. The average Bonchev–Trinajstić information content (AvgIpc) is 2.65. The zero-order chi connectivity index (χ0) is 10.9. The third-order valence-corrected chi connectivity index (χ3v) is 4.57. The average molecular weight is 226 g/mol. The van der Waals surface area contributed by atoms with Crippen molar-refractivity contribution in [2.75, 3.05) is 18.1 Å². The van der Waals surface area contributed by atoms with Crippen molar-refractivity contribution in [3.8, 4) is 0 Å². The van der Waals surface area contributed by atoms with Gasteiger partial charge in [-0.3, -0.25) is 4.79 Å². The molecule has 2 aliphatic rings. The second-order valence-electron chi connectivity index (χ2n) is 4.67. The smallest absolute Gasteiger partial charge is 0.161 e. The first-order valence-corrected chi connectivity index (χ1v) is 6.70. The molecule has 3 heteroatoms. The topological polar surface area (TPSA) is 26.3 Å². The highest BCUT2D eigenvalue weighted by Crippen LogP contribution is 2.40. The van der Waals surface area contributed by atoms with E-state index in [4.69, 9.17) is 4.74 Å². The van der Waals surface area contributed by atoms with Crippen LogP contribution in [0.25, 0.3) is 0 Å². The summed E-state index contributed by atoms with van der Waals surface area (Å²) in [7, 11) is 0. The zero-order valence-corrected chi connectivity index (χ0v) is 10.1. The quantitative estimate of drug-likeness (QED) is 0.676. The van der Waals surface area contributed by atoms with Crippen LogP contribution in [0.3, 0.4) is 0 Å². The molecule has 84 valence electrons. The lowest BCUT2D eigenvalue weighted by Crippen LogP contribution is -2.42. The van der Waals surface area contributed by atoms with E-state index in [1.807, 2.05) is 18.7 Å². The maximum Gasteiger partial charge on any atom is 0.161 e. The highest BCUT2D eigenvalue weighted by atomic mass is 32.2. The maximum absolute atomic E-state index is 11.9. The van der Waals surface area contributed by atoms with Gasteiger partial charge in [0.05, 0.1) is 5.60 Å². The SMILES string of the molecule is C=C(C)C(=O)C1CCOC2(CCSC2)C1. The van der Waals surface area contributed by atoms with Crippen LogP contribution in [0, 0.1) is 5.92 Å². The predicted molar refractivity (Wildman–Crippen MR) is 63.2 cm³/mol. The number of carbonyl (C=O) groups is 1. The molecule has 2 aliphatic heterocycles. The number of ether oxygens (including phenoxy) is 1. The number of thioether (sulfide) groups is 1. The monoisotopic (exact) mass is 226 g/mol. The van der Waals surface area contributed by atoms with Crippen molar-refractivity contribution in [1.82, 2.24) is 0 Å². The van der Waals surface area contributed by atoms with Gasteiger partial charge in [0.15, 0.2) is 5.78 Å². The molecule has 2 rings (SSSR count).